The zero-order valence-electron chi connectivity index (χ0n) is 7.60. The second kappa shape index (κ2) is 1.39. The van der Waals surface area contributed by atoms with Crippen LogP contribution < -0.4 is 5.73 Å². The van der Waals surface area contributed by atoms with E-state index in [1.165, 1.54) is 44.9 Å². The summed E-state index contributed by atoms with van der Waals surface area (Å²) < 4.78 is 0. The van der Waals surface area contributed by atoms with Crippen LogP contribution in [0.25, 0.3) is 0 Å². The van der Waals surface area contributed by atoms with Crippen LogP contribution >= 0.6 is 0 Å². The zero-order valence-corrected chi connectivity index (χ0v) is 7.60. The van der Waals surface area contributed by atoms with Crippen LogP contribution in [-0.2, 0) is 0 Å². The lowest BCUT2D eigenvalue weighted by atomic mass is 9.64. The van der Waals surface area contributed by atoms with Crippen molar-refractivity contribution in [1.29, 1.82) is 0 Å². The first-order valence-corrected chi connectivity index (χ1v) is 5.55. The van der Waals surface area contributed by atoms with Crippen molar-refractivity contribution in [3.05, 3.63) is 0 Å². The van der Waals surface area contributed by atoms with E-state index in [1.54, 1.807) is 0 Å². The topological polar surface area (TPSA) is 26.0 Å². The second-order valence-electron chi connectivity index (χ2n) is 5.63. The van der Waals surface area contributed by atoms with Gasteiger partial charge in [0.05, 0.1) is 0 Å². The highest BCUT2D eigenvalue weighted by Gasteiger charge is 2.94. The quantitative estimate of drug-likeness (QED) is 0.581. The summed E-state index contributed by atoms with van der Waals surface area (Å²) in [6.07, 6.45) is 10.4. The highest BCUT2D eigenvalue weighted by molar-refractivity contribution is 5.43. The van der Waals surface area contributed by atoms with Crippen LogP contribution in [0.3, 0.4) is 0 Å². The summed E-state index contributed by atoms with van der Waals surface area (Å²) in [4.78, 5) is 0. The minimum absolute atomic E-state index is 0.598. The minimum atomic E-state index is 0.598. The summed E-state index contributed by atoms with van der Waals surface area (Å²) in [5, 5.41) is 0. The Balaban J connectivity index is 1.81. The Morgan fingerprint density at radius 3 is 1.67 bits per heavy atom. The van der Waals surface area contributed by atoms with Crippen molar-refractivity contribution in [3.63, 3.8) is 0 Å². The number of hydrogen-bond donors (Lipinski definition) is 1. The fourth-order valence-corrected chi connectivity index (χ4v) is 5.25. The minimum Gasteiger partial charge on any atom is -0.327 e. The van der Waals surface area contributed by atoms with Gasteiger partial charge in [-0.1, -0.05) is 6.42 Å². The Morgan fingerprint density at radius 1 is 0.917 bits per heavy atom. The third kappa shape index (κ3) is 0.320. The van der Waals surface area contributed by atoms with Gasteiger partial charge in [0.2, 0.25) is 0 Å². The van der Waals surface area contributed by atoms with E-state index in [0.717, 1.165) is 10.8 Å². The van der Waals surface area contributed by atoms with Gasteiger partial charge in [-0.25, -0.2) is 0 Å². The lowest BCUT2D eigenvalue weighted by Crippen LogP contribution is -2.46. The molecule has 0 bridgehead atoms. The average molecular weight is 163 g/mol. The molecule has 0 aliphatic heterocycles. The molecule has 0 aromatic carbocycles. The van der Waals surface area contributed by atoms with Crippen molar-refractivity contribution >= 4 is 0 Å². The predicted molar refractivity (Wildman–Crippen MR) is 47.6 cm³/mol. The van der Waals surface area contributed by atoms with Gasteiger partial charge < -0.3 is 5.73 Å². The van der Waals surface area contributed by atoms with E-state index in [0.29, 0.717) is 11.5 Å². The van der Waals surface area contributed by atoms with Crippen LogP contribution in [0.1, 0.15) is 44.9 Å². The standard InChI is InChI=1S/C11H17N/c12-8-2-5-11(8)9(3-1-4-9)10(11)6-7-10/h8H,1-7,12H2. The molecule has 0 aromatic rings. The number of hydrogen-bond acceptors (Lipinski definition) is 1. The molecule has 2 unspecified atom stereocenters. The molecule has 0 amide bonds. The van der Waals surface area contributed by atoms with Crippen LogP contribution in [-0.4, -0.2) is 6.04 Å². The van der Waals surface area contributed by atoms with E-state index in [-0.39, 0.29) is 0 Å². The molecule has 4 fully saturated rings. The third-order valence-corrected chi connectivity index (χ3v) is 6.00. The SMILES string of the molecule is NC1CCC12C1(CCC1)C21CC1. The molecule has 12 heavy (non-hydrogen) atoms. The summed E-state index contributed by atoms with van der Waals surface area (Å²) in [5.74, 6) is 0. The van der Waals surface area contributed by atoms with E-state index in [9.17, 15) is 0 Å². The van der Waals surface area contributed by atoms with E-state index in [1.807, 2.05) is 0 Å². The molecule has 1 nitrogen and oxygen atoms in total. The van der Waals surface area contributed by atoms with Gasteiger partial charge in [0.15, 0.2) is 0 Å². The van der Waals surface area contributed by atoms with E-state index in [2.05, 4.69) is 0 Å². The van der Waals surface area contributed by atoms with E-state index >= 15 is 0 Å². The number of nitrogens with two attached hydrogens (primary N) is 1. The third-order valence-electron chi connectivity index (χ3n) is 6.00. The van der Waals surface area contributed by atoms with Crippen molar-refractivity contribution in [2.75, 3.05) is 0 Å². The summed E-state index contributed by atoms with van der Waals surface area (Å²) >= 11 is 0. The van der Waals surface area contributed by atoms with Crippen LogP contribution in [0.5, 0.6) is 0 Å². The predicted octanol–water partition coefficient (Wildman–Crippen LogP) is 2.06. The maximum Gasteiger partial charge on any atom is 0.0107 e. The number of rotatable bonds is 0. The molecule has 0 radical (unpaired) electrons. The van der Waals surface area contributed by atoms with Crippen LogP contribution in [0.4, 0.5) is 0 Å². The highest BCUT2D eigenvalue weighted by atomic mass is 15.0. The van der Waals surface area contributed by atoms with Crippen molar-refractivity contribution in [2.45, 2.75) is 51.0 Å². The van der Waals surface area contributed by atoms with Crippen molar-refractivity contribution < 1.29 is 0 Å². The molecule has 0 aromatic heterocycles. The molecular formula is C11H17N. The van der Waals surface area contributed by atoms with Gasteiger partial charge in [0, 0.05) is 6.04 Å². The first-order valence-electron chi connectivity index (χ1n) is 5.55. The summed E-state index contributed by atoms with van der Waals surface area (Å²) in [6, 6.07) is 0.598. The fraction of sp³-hybridized carbons (Fsp3) is 1.00. The molecule has 0 saturated heterocycles. The zero-order chi connectivity index (χ0) is 8.03. The van der Waals surface area contributed by atoms with Gasteiger partial charge in [-0.05, 0) is 54.8 Å². The van der Waals surface area contributed by atoms with Gasteiger partial charge in [0.25, 0.3) is 0 Å². The molecule has 2 N–H and O–H groups in total. The molecule has 1 heteroatoms. The molecule has 2 atom stereocenters. The number of fused-ring (bicyclic) bond motifs is 3. The first kappa shape index (κ1) is 6.42. The van der Waals surface area contributed by atoms with E-state index in [4.69, 9.17) is 5.73 Å². The van der Waals surface area contributed by atoms with E-state index < -0.39 is 0 Å². The molecule has 4 rings (SSSR count). The van der Waals surface area contributed by atoms with Gasteiger partial charge in [-0.3, -0.25) is 0 Å². The second-order valence-corrected chi connectivity index (χ2v) is 5.63. The highest BCUT2D eigenvalue weighted by Crippen LogP contribution is 2.99. The smallest absolute Gasteiger partial charge is 0.0107 e. The molecule has 66 valence electrons. The molecule has 3 spiro atoms. The summed E-state index contributed by atoms with van der Waals surface area (Å²) in [7, 11) is 0. The van der Waals surface area contributed by atoms with Crippen molar-refractivity contribution in [1.82, 2.24) is 0 Å². The summed E-state index contributed by atoms with van der Waals surface area (Å²) in [5.41, 5.74) is 8.57. The Hall–Kier alpha value is -0.0400. The van der Waals surface area contributed by atoms with Gasteiger partial charge in [-0.2, -0.15) is 0 Å². The molecule has 4 saturated carbocycles. The normalized spacial score (nSPS) is 55.2. The van der Waals surface area contributed by atoms with Crippen LogP contribution in [0, 0.1) is 16.2 Å². The lowest BCUT2D eigenvalue weighted by molar-refractivity contribution is 0.102. The van der Waals surface area contributed by atoms with Gasteiger partial charge >= 0.3 is 0 Å². The van der Waals surface area contributed by atoms with Crippen molar-refractivity contribution in [3.8, 4) is 0 Å². The van der Waals surface area contributed by atoms with Gasteiger partial charge in [0.1, 0.15) is 0 Å². The molecule has 4 aliphatic carbocycles. The Labute approximate surface area is 73.7 Å². The first-order chi connectivity index (χ1) is 5.79. The van der Waals surface area contributed by atoms with Crippen LogP contribution in [0.2, 0.25) is 0 Å². The van der Waals surface area contributed by atoms with Gasteiger partial charge in [-0.15, -0.1) is 0 Å². The summed E-state index contributed by atoms with van der Waals surface area (Å²) in [6.45, 7) is 0. The lowest BCUT2D eigenvalue weighted by Gasteiger charge is -2.43. The average Bonchev–Trinajstić information content (AvgIpc) is 2.83. The Kier molecular flexibility index (Phi) is 0.744. The maximum absolute atomic E-state index is 6.22. The Bertz CT molecular complexity index is 262. The molecular weight excluding hydrogens is 146 g/mol. The monoisotopic (exact) mass is 163 g/mol. The maximum atomic E-state index is 6.22. The van der Waals surface area contributed by atoms with Crippen LogP contribution in [0.15, 0.2) is 0 Å². The molecule has 0 heterocycles. The molecule has 4 aliphatic rings. The largest absolute Gasteiger partial charge is 0.327 e. The fourth-order valence-electron chi connectivity index (χ4n) is 5.25. The Morgan fingerprint density at radius 2 is 1.58 bits per heavy atom. The van der Waals surface area contributed by atoms with Crippen molar-refractivity contribution in [2.24, 2.45) is 22.0 Å².